The Hall–Kier alpha value is -1.42. The van der Waals surface area contributed by atoms with Crippen LogP contribution in [0, 0.1) is 11.3 Å². The summed E-state index contributed by atoms with van der Waals surface area (Å²) in [6.45, 7) is -0.120. The molecule has 0 bridgehead atoms. The first-order chi connectivity index (χ1) is 6.51. The normalized spacial score (nSPS) is 10.9. The Labute approximate surface area is 82.0 Å². The maximum absolute atomic E-state index is 10.4. The van der Waals surface area contributed by atoms with Crippen molar-refractivity contribution in [1.29, 1.82) is 5.26 Å². The molecule has 0 heterocycles. The number of nitrogens with two attached hydrogens (primary N) is 1. The van der Waals surface area contributed by atoms with E-state index >= 15 is 0 Å². The summed E-state index contributed by atoms with van der Waals surface area (Å²) in [7, 11) is -3.90. The summed E-state index contributed by atoms with van der Waals surface area (Å²) in [4.78, 5) is 0. The van der Waals surface area contributed by atoms with Gasteiger partial charge in [-0.3, -0.25) is 4.18 Å². The van der Waals surface area contributed by atoms with Gasteiger partial charge in [0, 0.05) is 0 Å². The van der Waals surface area contributed by atoms with Gasteiger partial charge in [0.25, 0.3) is 0 Å². The molecule has 2 N–H and O–H groups in total. The van der Waals surface area contributed by atoms with Crippen molar-refractivity contribution >= 4 is 10.3 Å². The lowest BCUT2D eigenvalue weighted by atomic mass is 10.2. The molecule has 1 aromatic rings. The number of nitrogens with zero attached hydrogens (tertiary/aromatic N) is 1. The second kappa shape index (κ2) is 4.19. The van der Waals surface area contributed by atoms with Gasteiger partial charge in [0.2, 0.25) is 0 Å². The fraction of sp³-hybridized carbons (Fsp3) is 0.125. The van der Waals surface area contributed by atoms with Gasteiger partial charge in [-0.25, -0.2) is 5.14 Å². The van der Waals surface area contributed by atoms with E-state index in [-0.39, 0.29) is 6.61 Å². The fourth-order valence-electron chi connectivity index (χ4n) is 0.826. The van der Waals surface area contributed by atoms with Gasteiger partial charge in [-0.1, -0.05) is 12.1 Å². The highest BCUT2D eigenvalue weighted by molar-refractivity contribution is 7.84. The van der Waals surface area contributed by atoms with Crippen LogP contribution in [0.3, 0.4) is 0 Å². The summed E-state index contributed by atoms with van der Waals surface area (Å²) < 4.78 is 25.2. The van der Waals surface area contributed by atoms with Crippen molar-refractivity contribution in [2.75, 3.05) is 0 Å². The predicted molar refractivity (Wildman–Crippen MR) is 49.1 cm³/mol. The molecule has 0 spiro atoms. The van der Waals surface area contributed by atoms with Crippen LogP contribution in [0.4, 0.5) is 0 Å². The predicted octanol–water partition coefficient (Wildman–Crippen LogP) is 0.278. The minimum absolute atomic E-state index is 0.120. The fourth-order valence-corrected chi connectivity index (χ4v) is 1.13. The molecular weight excluding hydrogens is 204 g/mol. The monoisotopic (exact) mass is 212 g/mol. The summed E-state index contributed by atoms with van der Waals surface area (Å²) in [6.07, 6.45) is 0. The molecule has 1 aromatic carbocycles. The topological polar surface area (TPSA) is 93.2 Å². The Bertz CT molecular complexity index is 444. The Morgan fingerprint density at radius 2 is 1.93 bits per heavy atom. The average molecular weight is 212 g/mol. The zero-order valence-electron chi connectivity index (χ0n) is 7.17. The molecule has 0 aliphatic rings. The molecule has 5 nitrogen and oxygen atoms in total. The maximum Gasteiger partial charge on any atom is 0.333 e. The average Bonchev–Trinajstić information content (AvgIpc) is 2.14. The van der Waals surface area contributed by atoms with Crippen LogP contribution in [0.5, 0.6) is 0 Å². The van der Waals surface area contributed by atoms with Crippen molar-refractivity contribution in [1.82, 2.24) is 0 Å². The van der Waals surface area contributed by atoms with Crippen LogP contribution in [0.1, 0.15) is 11.1 Å². The molecule has 0 radical (unpaired) electrons. The largest absolute Gasteiger partial charge is 0.333 e. The molecule has 6 heteroatoms. The van der Waals surface area contributed by atoms with E-state index in [9.17, 15) is 8.42 Å². The zero-order chi connectivity index (χ0) is 10.6. The first-order valence-corrected chi connectivity index (χ1v) is 5.14. The molecule has 0 unspecified atom stereocenters. The molecule has 0 saturated heterocycles. The summed E-state index contributed by atoms with van der Waals surface area (Å²) in [5.74, 6) is 0. The van der Waals surface area contributed by atoms with Gasteiger partial charge < -0.3 is 0 Å². The standard InChI is InChI=1S/C8H8N2O3S/c9-5-7-1-3-8(4-2-7)6-13-14(10,11)12/h1-4H,6H2,(H2,10,11,12). The molecule has 1 rings (SSSR count). The maximum atomic E-state index is 10.4. The van der Waals surface area contributed by atoms with Gasteiger partial charge in [0.05, 0.1) is 18.2 Å². The van der Waals surface area contributed by atoms with Crippen molar-refractivity contribution in [3.05, 3.63) is 35.4 Å². The van der Waals surface area contributed by atoms with Crippen LogP contribution in [0.25, 0.3) is 0 Å². The molecule has 0 saturated carbocycles. The highest BCUT2D eigenvalue weighted by Gasteiger charge is 2.02. The zero-order valence-corrected chi connectivity index (χ0v) is 7.99. The summed E-state index contributed by atoms with van der Waals surface area (Å²) in [5.41, 5.74) is 1.14. The molecule has 0 atom stereocenters. The smallest absolute Gasteiger partial charge is 0.253 e. The Morgan fingerprint density at radius 3 is 2.36 bits per heavy atom. The first kappa shape index (κ1) is 10.7. The van der Waals surface area contributed by atoms with Crippen LogP contribution in [-0.2, 0) is 21.1 Å². The van der Waals surface area contributed by atoms with Gasteiger partial charge in [-0.2, -0.15) is 13.7 Å². The van der Waals surface area contributed by atoms with Crippen molar-refractivity contribution in [2.45, 2.75) is 6.61 Å². The molecule has 0 aliphatic carbocycles. The third-order valence-electron chi connectivity index (χ3n) is 1.47. The molecule has 0 aromatic heterocycles. The first-order valence-electron chi connectivity index (χ1n) is 3.67. The van der Waals surface area contributed by atoms with Gasteiger partial charge in [-0.15, -0.1) is 0 Å². The van der Waals surface area contributed by atoms with Crippen LogP contribution in [0.2, 0.25) is 0 Å². The van der Waals surface area contributed by atoms with Crippen molar-refractivity contribution < 1.29 is 12.6 Å². The summed E-state index contributed by atoms with van der Waals surface area (Å²) in [6, 6.07) is 8.29. The molecule has 14 heavy (non-hydrogen) atoms. The van der Waals surface area contributed by atoms with E-state index in [0.717, 1.165) is 0 Å². The molecule has 74 valence electrons. The third kappa shape index (κ3) is 3.53. The number of hydrogen-bond acceptors (Lipinski definition) is 4. The van der Waals surface area contributed by atoms with Gasteiger partial charge in [0.1, 0.15) is 0 Å². The third-order valence-corrected chi connectivity index (χ3v) is 1.92. The van der Waals surface area contributed by atoms with Crippen LogP contribution in [0.15, 0.2) is 24.3 Å². The van der Waals surface area contributed by atoms with Crippen LogP contribution >= 0.6 is 0 Å². The van der Waals surface area contributed by atoms with Crippen molar-refractivity contribution in [2.24, 2.45) is 5.14 Å². The van der Waals surface area contributed by atoms with E-state index in [1.807, 2.05) is 6.07 Å². The minimum Gasteiger partial charge on any atom is -0.253 e. The van der Waals surface area contributed by atoms with Gasteiger partial charge >= 0.3 is 10.3 Å². The quantitative estimate of drug-likeness (QED) is 0.778. The number of rotatable bonds is 3. The lowest BCUT2D eigenvalue weighted by molar-refractivity contribution is 0.308. The van der Waals surface area contributed by atoms with Crippen molar-refractivity contribution in [3.63, 3.8) is 0 Å². The second-order valence-electron chi connectivity index (χ2n) is 2.56. The Morgan fingerprint density at radius 1 is 1.36 bits per heavy atom. The van der Waals surface area contributed by atoms with E-state index in [4.69, 9.17) is 5.26 Å². The number of benzene rings is 1. The van der Waals surface area contributed by atoms with E-state index in [0.29, 0.717) is 11.1 Å². The summed E-state index contributed by atoms with van der Waals surface area (Å²) in [5, 5.41) is 13.1. The molecule has 0 aliphatic heterocycles. The molecular formula is C8H8N2O3S. The van der Waals surface area contributed by atoms with E-state index in [1.54, 1.807) is 24.3 Å². The van der Waals surface area contributed by atoms with E-state index in [1.165, 1.54) is 0 Å². The van der Waals surface area contributed by atoms with E-state index in [2.05, 4.69) is 9.32 Å². The highest BCUT2D eigenvalue weighted by Crippen LogP contribution is 2.05. The lowest BCUT2D eigenvalue weighted by Gasteiger charge is -2.00. The highest BCUT2D eigenvalue weighted by atomic mass is 32.2. The lowest BCUT2D eigenvalue weighted by Crippen LogP contribution is -2.15. The SMILES string of the molecule is N#Cc1ccc(COS(N)(=O)=O)cc1. The Balaban J connectivity index is 2.67. The number of hydrogen-bond donors (Lipinski definition) is 1. The second-order valence-corrected chi connectivity index (χ2v) is 3.79. The van der Waals surface area contributed by atoms with Gasteiger partial charge in [-0.05, 0) is 17.7 Å². The Kier molecular flexibility index (Phi) is 3.19. The minimum atomic E-state index is -3.90. The number of nitriles is 1. The molecule has 0 amide bonds. The van der Waals surface area contributed by atoms with Crippen LogP contribution in [-0.4, -0.2) is 8.42 Å². The molecule has 0 fully saturated rings. The van der Waals surface area contributed by atoms with Crippen LogP contribution < -0.4 is 5.14 Å². The van der Waals surface area contributed by atoms with Gasteiger partial charge in [0.15, 0.2) is 0 Å². The summed E-state index contributed by atoms with van der Waals surface area (Å²) >= 11 is 0. The van der Waals surface area contributed by atoms with E-state index < -0.39 is 10.3 Å². The van der Waals surface area contributed by atoms with Crippen molar-refractivity contribution in [3.8, 4) is 6.07 Å².